The highest BCUT2D eigenvalue weighted by Gasteiger charge is 2.26. The summed E-state index contributed by atoms with van der Waals surface area (Å²) >= 11 is 1.21. The van der Waals surface area contributed by atoms with Gasteiger partial charge in [-0.05, 0) is 18.2 Å². The normalized spacial score (nSPS) is 16.9. The lowest BCUT2D eigenvalue weighted by Gasteiger charge is -2.26. The first-order chi connectivity index (χ1) is 11.1. The first kappa shape index (κ1) is 16.0. The maximum absolute atomic E-state index is 12.6. The molecule has 3 rings (SSSR count). The maximum atomic E-state index is 12.6. The first-order valence-corrected chi connectivity index (χ1v) is 9.12. The van der Waals surface area contributed by atoms with Gasteiger partial charge >= 0.3 is 0 Å². The van der Waals surface area contributed by atoms with E-state index < -0.39 is 10.0 Å². The molecule has 0 spiro atoms. The molecule has 1 saturated heterocycles. The Morgan fingerprint density at radius 1 is 1.26 bits per heavy atom. The molecule has 2 heterocycles. The van der Waals surface area contributed by atoms with Gasteiger partial charge in [0.15, 0.2) is 10.1 Å². The molecular formula is C13H15N5O3S2. The lowest BCUT2D eigenvalue weighted by atomic mass is 10.3. The molecule has 1 aromatic carbocycles. The molecule has 0 atom stereocenters. The molecular weight excluding hydrogens is 338 g/mol. The van der Waals surface area contributed by atoms with Crippen LogP contribution in [0.5, 0.6) is 0 Å². The number of morpholine rings is 1. The Hall–Kier alpha value is -1.88. The third-order valence-corrected chi connectivity index (χ3v) is 5.81. The summed E-state index contributed by atoms with van der Waals surface area (Å²) in [6.07, 6.45) is 1.51. The number of thiazole rings is 1. The van der Waals surface area contributed by atoms with Gasteiger partial charge in [0.05, 0.1) is 30.0 Å². The highest BCUT2D eigenvalue weighted by atomic mass is 32.2. The Morgan fingerprint density at radius 2 is 2.04 bits per heavy atom. The van der Waals surface area contributed by atoms with Crippen LogP contribution in [0, 0.1) is 0 Å². The van der Waals surface area contributed by atoms with Crippen molar-refractivity contribution < 1.29 is 13.2 Å². The highest BCUT2D eigenvalue weighted by Crippen LogP contribution is 2.27. The van der Waals surface area contributed by atoms with Gasteiger partial charge in [0, 0.05) is 13.1 Å². The van der Waals surface area contributed by atoms with Crippen LogP contribution in [-0.4, -0.2) is 44.0 Å². The predicted molar refractivity (Wildman–Crippen MR) is 86.7 cm³/mol. The van der Waals surface area contributed by atoms with Crippen molar-refractivity contribution in [2.45, 2.75) is 4.90 Å². The van der Waals surface area contributed by atoms with Gasteiger partial charge < -0.3 is 10.5 Å². The van der Waals surface area contributed by atoms with Gasteiger partial charge in [0.2, 0.25) is 10.0 Å². The second-order valence-corrected chi connectivity index (χ2v) is 7.73. The molecule has 0 unspecified atom stereocenters. The van der Waals surface area contributed by atoms with E-state index >= 15 is 0 Å². The van der Waals surface area contributed by atoms with Gasteiger partial charge in [-0.15, -0.1) is 10.2 Å². The van der Waals surface area contributed by atoms with Crippen LogP contribution in [-0.2, 0) is 14.8 Å². The molecule has 1 aliphatic rings. The summed E-state index contributed by atoms with van der Waals surface area (Å²) in [5, 5.41) is 9.01. The van der Waals surface area contributed by atoms with Crippen molar-refractivity contribution in [2.24, 2.45) is 10.2 Å². The molecule has 1 aromatic heterocycles. The Morgan fingerprint density at radius 3 is 2.74 bits per heavy atom. The van der Waals surface area contributed by atoms with Gasteiger partial charge in [-0.2, -0.15) is 4.31 Å². The SMILES string of the molecule is Nc1ncc(N=Nc2cccc(S(=O)(=O)N3CCOCC3)c2)s1. The Kier molecular flexibility index (Phi) is 4.66. The van der Waals surface area contributed by atoms with Gasteiger partial charge in [0.1, 0.15) is 0 Å². The third kappa shape index (κ3) is 3.72. The number of nitrogen functional groups attached to an aromatic ring is 1. The number of azo groups is 1. The number of benzene rings is 1. The molecule has 1 aliphatic heterocycles. The van der Waals surface area contributed by atoms with Crippen LogP contribution in [0.15, 0.2) is 45.6 Å². The van der Waals surface area contributed by atoms with Gasteiger partial charge in [-0.25, -0.2) is 13.4 Å². The third-order valence-electron chi connectivity index (χ3n) is 3.20. The second-order valence-electron chi connectivity index (χ2n) is 4.75. The van der Waals surface area contributed by atoms with Crippen molar-refractivity contribution in [1.82, 2.24) is 9.29 Å². The number of rotatable bonds is 4. The smallest absolute Gasteiger partial charge is 0.243 e. The maximum Gasteiger partial charge on any atom is 0.243 e. The number of nitrogens with zero attached hydrogens (tertiary/aromatic N) is 4. The number of aromatic nitrogens is 1. The summed E-state index contributed by atoms with van der Waals surface area (Å²) in [5.41, 5.74) is 5.97. The quantitative estimate of drug-likeness (QED) is 0.847. The van der Waals surface area contributed by atoms with E-state index in [1.165, 1.54) is 27.9 Å². The number of hydrogen-bond acceptors (Lipinski definition) is 8. The number of ether oxygens (including phenoxy) is 1. The lowest BCUT2D eigenvalue weighted by molar-refractivity contribution is 0.0730. The summed E-state index contributed by atoms with van der Waals surface area (Å²) in [7, 11) is -3.54. The van der Waals surface area contributed by atoms with E-state index in [4.69, 9.17) is 10.5 Å². The van der Waals surface area contributed by atoms with E-state index in [9.17, 15) is 8.42 Å². The van der Waals surface area contributed by atoms with Crippen molar-refractivity contribution in [1.29, 1.82) is 0 Å². The minimum atomic E-state index is -3.54. The number of sulfonamides is 1. The average Bonchev–Trinajstić information content (AvgIpc) is 2.99. The molecule has 0 saturated carbocycles. The van der Waals surface area contributed by atoms with E-state index in [1.54, 1.807) is 18.2 Å². The standard InChI is InChI=1S/C13H15N5O3S2/c14-13-15-9-12(22-13)17-16-10-2-1-3-11(8-10)23(19,20)18-4-6-21-7-5-18/h1-3,8-9H,4-7H2,(H2,14,15). The fourth-order valence-electron chi connectivity index (χ4n) is 2.07. The Labute approximate surface area is 137 Å². The highest BCUT2D eigenvalue weighted by molar-refractivity contribution is 7.89. The van der Waals surface area contributed by atoms with E-state index in [-0.39, 0.29) is 4.90 Å². The summed E-state index contributed by atoms with van der Waals surface area (Å²) in [4.78, 5) is 4.07. The minimum Gasteiger partial charge on any atom is -0.379 e. The van der Waals surface area contributed by atoms with Crippen LogP contribution in [0.25, 0.3) is 0 Å². The second kappa shape index (κ2) is 6.71. The van der Waals surface area contributed by atoms with Crippen molar-refractivity contribution >= 4 is 37.2 Å². The molecule has 0 aliphatic carbocycles. The van der Waals surface area contributed by atoms with Crippen LogP contribution >= 0.6 is 11.3 Å². The summed E-state index contributed by atoms with van der Waals surface area (Å²) in [6, 6.07) is 6.38. The van der Waals surface area contributed by atoms with Crippen molar-refractivity contribution in [3.63, 3.8) is 0 Å². The van der Waals surface area contributed by atoms with Crippen LogP contribution in [0.2, 0.25) is 0 Å². The zero-order valence-electron chi connectivity index (χ0n) is 12.1. The lowest BCUT2D eigenvalue weighted by Crippen LogP contribution is -2.40. The largest absolute Gasteiger partial charge is 0.379 e. The average molecular weight is 353 g/mol. The van der Waals surface area contributed by atoms with Gasteiger partial charge in [-0.3, -0.25) is 0 Å². The topological polar surface area (TPSA) is 110 Å². The van der Waals surface area contributed by atoms with E-state index in [0.29, 0.717) is 42.1 Å². The molecule has 0 bridgehead atoms. The summed E-state index contributed by atoms with van der Waals surface area (Å²) in [6.45, 7) is 1.53. The van der Waals surface area contributed by atoms with E-state index in [2.05, 4.69) is 15.2 Å². The molecule has 0 amide bonds. The summed E-state index contributed by atoms with van der Waals surface area (Å²) < 4.78 is 31.8. The molecule has 23 heavy (non-hydrogen) atoms. The monoisotopic (exact) mass is 353 g/mol. The fraction of sp³-hybridized carbons (Fsp3) is 0.308. The molecule has 2 N–H and O–H groups in total. The molecule has 2 aromatic rings. The molecule has 8 nitrogen and oxygen atoms in total. The van der Waals surface area contributed by atoms with E-state index in [0.717, 1.165) is 0 Å². The Balaban J connectivity index is 1.83. The van der Waals surface area contributed by atoms with Crippen LogP contribution < -0.4 is 5.73 Å². The molecule has 1 fully saturated rings. The number of nitrogens with two attached hydrogens (primary N) is 1. The van der Waals surface area contributed by atoms with E-state index in [1.807, 2.05) is 0 Å². The van der Waals surface area contributed by atoms with Crippen LogP contribution in [0.1, 0.15) is 0 Å². The predicted octanol–water partition coefficient (Wildman–Crippen LogP) is 2.16. The molecule has 122 valence electrons. The minimum absolute atomic E-state index is 0.194. The van der Waals surface area contributed by atoms with Crippen molar-refractivity contribution in [2.75, 3.05) is 32.0 Å². The number of hydrogen-bond donors (Lipinski definition) is 1. The van der Waals surface area contributed by atoms with Gasteiger partial charge in [0.25, 0.3) is 0 Å². The zero-order chi connectivity index (χ0) is 16.3. The van der Waals surface area contributed by atoms with Crippen molar-refractivity contribution in [3.05, 3.63) is 30.5 Å². The van der Waals surface area contributed by atoms with Crippen LogP contribution in [0.4, 0.5) is 15.8 Å². The number of anilines is 1. The molecule has 10 heteroatoms. The molecule has 0 radical (unpaired) electrons. The van der Waals surface area contributed by atoms with Crippen molar-refractivity contribution in [3.8, 4) is 0 Å². The Bertz CT molecular complexity index is 813. The zero-order valence-corrected chi connectivity index (χ0v) is 13.8. The fourth-order valence-corrected chi connectivity index (χ4v) is 4.03. The first-order valence-electron chi connectivity index (χ1n) is 6.87. The van der Waals surface area contributed by atoms with Gasteiger partial charge in [-0.1, -0.05) is 17.4 Å². The van der Waals surface area contributed by atoms with Crippen LogP contribution in [0.3, 0.4) is 0 Å². The summed E-state index contributed by atoms with van der Waals surface area (Å²) in [5.74, 6) is 0.